The molecule has 4 heteroatoms. The molecule has 0 fully saturated rings. The Morgan fingerprint density at radius 3 is 2.81 bits per heavy atom. The third-order valence-corrected chi connectivity index (χ3v) is 3.24. The summed E-state index contributed by atoms with van der Waals surface area (Å²) in [6, 6.07) is 6.25. The van der Waals surface area contributed by atoms with Crippen LogP contribution in [0.3, 0.4) is 0 Å². The first-order valence-electron chi connectivity index (χ1n) is 5.40. The van der Waals surface area contributed by atoms with Crippen LogP contribution >= 0.6 is 11.8 Å². The molecule has 90 valence electrons. The summed E-state index contributed by atoms with van der Waals surface area (Å²) in [6.07, 6.45) is 3.19. The van der Waals surface area contributed by atoms with E-state index in [9.17, 15) is 0 Å². The summed E-state index contributed by atoms with van der Waals surface area (Å²) in [4.78, 5) is 0. The Labute approximate surface area is 102 Å². The van der Waals surface area contributed by atoms with E-state index >= 15 is 0 Å². The molecule has 0 aliphatic heterocycles. The zero-order valence-electron chi connectivity index (χ0n) is 10.1. The Bertz CT molecular complexity index is 331. The third kappa shape index (κ3) is 3.23. The van der Waals surface area contributed by atoms with Crippen LogP contribution in [0.25, 0.3) is 0 Å². The molecule has 0 amide bonds. The fourth-order valence-electron chi connectivity index (χ4n) is 1.53. The number of anilines is 2. The lowest BCUT2D eigenvalue weighted by Gasteiger charge is -2.19. The maximum atomic E-state index is 6.00. The van der Waals surface area contributed by atoms with Gasteiger partial charge < -0.3 is 15.8 Å². The van der Waals surface area contributed by atoms with Gasteiger partial charge in [0.05, 0.1) is 18.5 Å². The van der Waals surface area contributed by atoms with Crippen LogP contribution in [-0.2, 0) is 0 Å². The number of thioether (sulfide) groups is 1. The highest BCUT2D eigenvalue weighted by Crippen LogP contribution is 2.29. The monoisotopic (exact) mass is 240 g/mol. The molecule has 16 heavy (non-hydrogen) atoms. The highest BCUT2D eigenvalue weighted by Gasteiger charge is 2.09. The van der Waals surface area contributed by atoms with Gasteiger partial charge in [0, 0.05) is 11.8 Å². The van der Waals surface area contributed by atoms with Crippen molar-refractivity contribution in [3.63, 3.8) is 0 Å². The van der Waals surface area contributed by atoms with Crippen LogP contribution in [0.15, 0.2) is 18.2 Å². The van der Waals surface area contributed by atoms with Gasteiger partial charge in [-0.3, -0.25) is 0 Å². The molecule has 0 aliphatic rings. The van der Waals surface area contributed by atoms with Crippen LogP contribution in [0, 0.1) is 0 Å². The first kappa shape index (κ1) is 13.0. The number of methoxy groups -OCH3 is 1. The lowest BCUT2D eigenvalue weighted by molar-refractivity contribution is 0.417. The van der Waals surface area contributed by atoms with Gasteiger partial charge in [-0.2, -0.15) is 11.8 Å². The van der Waals surface area contributed by atoms with Gasteiger partial charge in [0.2, 0.25) is 0 Å². The summed E-state index contributed by atoms with van der Waals surface area (Å²) in [5, 5.41) is 3.45. The number of para-hydroxylation sites is 1. The van der Waals surface area contributed by atoms with E-state index in [0.29, 0.717) is 11.7 Å². The van der Waals surface area contributed by atoms with Crippen molar-refractivity contribution >= 4 is 23.1 Å². The number of nitrogen functional groups attached to an aromatic ring is 1. The third-order valence-electron chi connectivity index (χ3n) is 2.51. The molecule has 1 aromatic rings. The van der Waals surface area contributed by atoms with Gasteiger partial charge in [-0.1, -0.05) is 13.0 Å². The summed E-state index contributed by atoms with van der Waals surface area (Å²) < 4.78 is 5.19. The SMILES string of the molecule is CCC(CSC)Nc1cccc(OC)c1N. The van der Waals surface area contributed by atoms with Crippen LogP contribution in [0.1, 0.15) is 13.3 Å². The van der Waals surface area contributed by atoms with Crippen molar-refractivity contribution in [2.24, 2.45) is 0 Å². The van der Waals surface area contributed by atoms with Crippen LogP contribution in [-0.4, -0.2) is 25.2 Å². The van der Waals surface area contributed by atoms with E-state index in [-0.39, 0.29) is 0 Å². The molecule has 1 unspecified atom stereocenters. The van der Waals surface area contributed by atoms with Crippen LogP contribution in [0.2, 0.25) is 0 Å². The van der Waals surface area contributed by atoms with Gasteiger partial charge >= 0.3 is 0 Å². The molecule has 0 bridgehead atoms. The molecule has 1 aromatic carbocycles. The fraction of sp³-hybridized carbons (Fsp3) is 0.500. The molecule has 1 rings (SSSR count). The van der Waals surface area contributed by atoms with Crippen molar-refractivity contribution in [1.29, 1.82) is 0 Å². The number of nitrogens with two attached hydrogens (primary N) is 1. The van der Waals surface area contributed by atoms with Crippen LogP contribution in [0.5, 0.6) is 5.75 Å². The Morgan fingerprint density at radius 2 is 2.25 bits per heavy atom. The molecule has 1 atom stereocenters. The molecule has 0 aliphatic carbocycles. The zero-order valence-corrected chi connectivity index (χ0v) is 10.9. The topological polar surface area (TPSA) is 47.3 Å². The summed E-state index contributed by atoms with van der Waals surface area (Å²) in [5.74, 6) is 1.80. The number of rotatable bonds is 6. The van der Waals surface area contributed by atoms with E-state index in [2.05, 4.69) is 18.5 Å². The second-order valence-electron chi connectivity index (χ2n) is 3.63. The molecule has 0 saturated heterocycles. The van der Waals surface area contributed by atoms with E-state index in [1.54, 1.807) is 7.11 Å². The zero-order chi connectivity index (χ0) is 12.0. The van der Waals surface area contributed by atoms with Crippen molar-refractivity contribution in [1.82, 2.24) is 0 Å². The molecule has 0 spiro atoms. The van der Waals surface area contributed by atoms with Gasteiger partial charge in [-0.25, -0.2) is 0 Å². The summed E-state index contributed by atoms with van der Waals surface area (Å²) in [5.41, 5.74) is 7.64. The molecule has 0 radical (unpaired) electrons. The van der Waals surface area contributed by atoms with Crippen molar-refractivity contribution < 1.29 is 4.74 Å². The molecule has 3 N–H and O–H groups in total. The number of ether oxygens (including phenoxy) is 1. The summed E-state index contributed by atoms with van der Waals surface area (Å²) in [7, 11) is 1.63. The predicted molar refractivity (Wildman–Crippen MR) is 73.5 cm³/mol. The summed E-state index contributed by atoms with van der Waals surface area (Å²) in [6.45, 7) is 2.17. The largest absolute Gasteiger partial charge is 0.495 e. The second-order valence-corrected chi connectivity index (χ2v) is 4.54. The molecule has 0 heterocycles. The van der Waals surface area contributed by atoms with Crippen molar-refractivity contribution in [2.45, 2.75) is 19.4 Å². The predicted octanol–water partition coefficient (Wildman–Crippen LogP) is 2.83. The molecular formula is C12H20N2OS. The standard InChI is InChI=1S/C12H20N2OS/c1-4-9(8-16-3)14-10-6-5-7-11(15-2)12(10)13/h5-7,9,14H,4,8,13H2,1-3H3. The minimum absolute atomic E-state index is 0.449. The highest BCUT2D eigenvalue weighted by molar-refractivity contribution is 7.98. The average Bonchev–Trinajstić information content (AvgIpc) is 2.31. The summed E-state index contributed by atoms with van der Waals surface area (Å²) >= 11 is 1.83. The highest BCUT2D eigenvalue weighted by atomic mass is 32.2. The van der Waals surface area contributed by atoms with E-state index in [1.165, 1.54) is 0 Å². The molecule has 0 saturated carbocycles. The van der Waals surface area contributed by atoms with Crippen molar-refractivity contribution in [2.75, 3.05) is 30.2 Å². The van der Waals surface area contributed by atoms with Gasteiger partial charge in [0.15, 0.2) is 0 Å². The maximum Gasteiger partial charge on any atom is 0.143 e. The lowest BCUT2D eigenvalue weighted by atomic mass is 10.2. The number of benzene rings is 1. The van der Waals surface area contributed by atoms with Gasteiger partial charge in [0.25, 0.3) is 0 Å². The number of hydrogen-bond donors (Lipinski definition) is 2. The molecular weight excluding hydrogens is 220 g/mol. The van der Waals surface area contributed by atoms with Gasteiger partial charge in [-0.05, 0) is 24.8 Å². The maximum absolute atomic E-state index is 6.00. The van der Waals surface area contributed by atoms with Gasteiger partial charge in [0.1, 0.15) is 5.75 Å². The second kappa shape index (κ2) is 6.53. The smallest absolute Gasteiger partial charge is 0.143 e. The Balaban J connectivity index is 2.79. The van der Waals surface area contributed by atoms with Gasteiger partial charge in [-0.15, -0.1) is 0 Å². The first-order chi connectivity index (χ1) is 7.72. The number of hydrogen-bond acceptors (Lipinski definition) is 4. The van der Waals surface area contributed by atoms with Crippen molar-refractivity contribution in [3.05, 3.63) is 18.2 Å². The molecule has 3 nitrogen and oxygen atoms in total. The van der Waals surface area contributed by atoms with E-state index < -0.39 is 0 Å². The number of nitrogens with one attached hydrogen (secondary N) is 1. The lowest BCUT2D eigenvalue weighted by Crippen LogP contribution is -2.21. The quantitative estimate of drug-likeness (QED) is 0.751. The Morgan fingerprint density at radius 1 is 1.50 bits per heavy atom. The average molecular weight is 240 g/mol. The Hall–Kier alpha value is -1.03. The van der Waals surface area contributed by atoms with E-state index in [4.69, 9.17) is 10.5 Å². The minimum atomic E-state index is 0.449. The normalized spacial score (nSPS) is 12.2. The van der Waals surface area contributed by atoms with Crippen LogP contribution < -0.4 is 15.8 Å². The van der Waals surface area contributed by atoms with E-state index in [1.807, 2.05) is 30.0 Å². The van der Waals surface area contributed by atoms with Crippen molar-refractivity contribution in [3.8, 4) is 5.75 Å². The fourth-order valence-corrected chi connectivity index (χ4v) is 2.25. The Kier molecular flexibility index (Phi) is 5.32. The van der Waals surface area contributed by atoms with E-state index in [0.717, 1.165) is 23.6 Å². The molecule has 0 aromatic heterocycles. The minimum Gasteiger partial charge on any atom is -0.495 e. The first-order valence-corrected chi connectivity index (χ1v) is 6.80. The van der Waals surface area contributed by atoms with Crippen LogP contribution in [0.4, 0.5) is 11.4 Å².